The third kappa shape index (κ3) is 4.01. The fourth-order valence-electron chi connectivity index (χ4n) is 2.69. The second kappa shape index (κ2) is 7.14. The highest BCUT2D eigenvalue weighted by molar-refractivity contribution is 6.09. The van der Waals surface area contributed by atoms with Crippen LogP contribution in [0, 0.1) is 13.8 Å². The van der Waals surface area contributed by atoms with Crippen molar-refractivity contribution in [3.8, 4) is 5.75 Å². The number of carbonyl (C=O) groups is 2. The normalized spacial score (nSPS) is 10.3. The average molecular weight is 330 g/mol. The zero-order valence-corrected chi connectivity index (χ0v) is 14.2. The molecule has 0 aromatic heterocycles. The van der Waals surface area contributed by atoms with Crippen LogP contribution in [0.15, 0.2) is 72.8 Å². The molecule has 0 heterocycles. The maximum Gasteiger partial charge on any atom is 0.343 e. The number of carbonyl (C=O) groups excluding carboxylic acids is 2. The van der Waals surface area contributed by atoms with Gasteiger partial charge in [0.25, 0.3) is 0 Å². The number of benzene rings is 3. The van der Waals surface area contributed by atoms with Gasteiger partial charge in [0.2, 0.25) is 0 Å². The van der Waals surface area contributed by atoms with Crippen molar-refractivity contribution in [2.24, 2.45) is 0 Å². The van der Waals surface area contributed by atoms with Crippen LogP contribution in [0.5, 0.6) is 5.75 Å². The van der Waals surface area contributed by atoms with Crippen LogP contribution in [0.25, 0.3) is 0 Å². The zero-order chi connectivity index (χ0) is 17.8. The van der Waals surface area contributed by atoms with E-state index in [0.717, 1.165) is 11.1 Å². The molecule has 0 spiro atoms. The van der Waals surface area contributed by atoms with Crippen molar-refractivity contribution in [2.75, 3.05) is 0 Å². The van der Waals surface area contributed by atoms with Crippen molar-refractivity contribution >= 4 is 11.8 Å². The van der Waals surface area contributed by atoms with Crippen molar-refractivity contribution < 1.29 is 14.3 Å². The number of ketones is 1. The molecule has 0 radical (unpaired) electrons. The third-order valence-corrected chi connectivity index (χ3v) is 3.82. The summed E-state index contributed by atoms with van der Waals surface area (Å²) in [6.07, 6.45) is 0. The Morgan fingerprint density at radius 2 is 1.24 bits per heavy atom. The molecule has 0 N–H and O–H groups in total. The van der Waals surface area contributed by atoms with Gasteiger partial charge in [0.15, 0.2) is 5.78 Å². The summed E-state index contributed by atoms with van der Waals surface area (Å²) in [7, 11) is 0. The standard InChI is InChI=1S/C22H18O3/c1-15-12-16(2)14-19(13-15)22(24)25-20-10-8-18(9-11-20)21(23)17-6-4-3-5-7-17/h3-14H,1-2H3. The quantitative estimate of drug-likeness (QED) is 0.394. The van der Waals surface area contributed by atoms with Crippen LogP contribution < -0.4 is 4.74 Å². The third-order valence-electron chi connectivity index (χ3n) is 3.82. The predicted molar refractivity (Wildman–Crippen MR) is 97.2 cm³/mol. The first-order valence-corrected chi connectivity index (χ1v) is 8.03. The van der Waals surface area contributed by atoms with Crippen molar-refractivity contribution in [2.45, 2.75) is 13.8 Å². The molecule has 0 saturated carbocycles. The van der Waals surface area contributed by atoms with Gasteiger partial charge < -0.3 is 4.74 Å². The van der Waals surface area contributed by atoms with E-state index in [0.29, 0.717) is 22.4 Å². The van der Waals surface area contributed by atoms with Gasteiger partial charge in [-0.3, -0.25) is 4.79 Å². The van der Waals surface area contributed by atoms with E-state index < -0.39 is 5.97 Å². The van der Waals surface area contributed by atoms with Gasteiger partial charge in [-0.05, 0) is 50.2 Å². The Hall–Kier alpha value is -3.20. The monoisotopic (exact) mass is 330 g/mol. The van der Waals surface area contributed by atoms with E-state index in [1.54, 1.807) is 48.5 Å². The van der Waals surface area contributed by atoms with E-state index in [1.807, 2.05) is 38.1 Å². The highest BCUT2D eigenvalue weighted by Crippen LogP contribution is 2.18. The Labute approximate surface area is 146 Å². The summed E-state index contributed by atoms with van der Waals surface area (Å²) in [4.78, 5) is 24.6. The largest absolute Gasteiger partial charge is 0.423 e. The van der Waals surface area contributed by atoms with Crippen LogP contribution in [-0.2, 0) is 0 Å². The SMILES string of the molecule is Cc1cc(C)cc(C(=O)Oc2ccc(C(=O)c3ccccc3)cc2)c1. The first kappa shape index (κ1) is 16.7. The molecular weight excluding hydrogens is 312 g/mol. The summed E-state index contributed by atoms with van der Waals surface area (Å²) < 4.78 is 5.40. The molecule has 0 amide bonds. The summed E-state index contributed by atoms with van der Waals surface area (Å²) >= 11 is 0. The lowest BCUT2D eigenvalue weighted by atomic mass is 10.0. The van der Waals surface area contributed by atoms with Gasteiger partial charge in [0.1, 0.15) is 5.75 Å². The van der Waals surface area contributed by atoms with E-state index in [2.05, 4.69) is 0 Å². The molecular formula is C22H18O3. The lowest BCUT2D eigenvalue weighted by Crippen LogP contribution is -2.09. The topological polar surface area (TPSA) is 43.4 Å². The van der Waals surface area contributed by atoms with Crippen molar-refractivity contribution in [3.05, 3.63) is 101 Å². The van der Waals surface area contributed by atoms with Crippen molar-refractivity contribution in [1.82, 2.24) is 0 Å². The first-order valence-electron chi connectivity index (χ1n) is 8.03. The Bertz CT molecular complexity index is 890. The van der Waals surface area contributed by atoms with Gasteiger partial charge in [-0.25, -0.2) is 4.79 Å². The maximum atomic E-state index is 12.4. The molecule has 0 unspecified atom stereocenters. The summed E-state index contributed by atoms with van der Waals surface area (Å²) in [5, 5.41) is 0. The van der Waals surface area contributed by atoms with Crippen LogP contribution >= 0.6 is 0 Å². The van der Waals surface area contributed by atoms with E-state index in [4.69, 9.17) is 4.74 Å². The molecule has 0 aliphatic rings. The number of aryl methyl sites for hydroxylation is 2. The van der Waals surface area contributed by atoms with Crippen molar-refractivity contribution in [3.63, 3.8) is 0 Å². The molecule has 25 heavy (non-hydrogen) atoms. The molecule has 0 saturated heterocycles. The summed E-state index contributed by atoms with van der Waals surface area (Å²) in [6, 6.07) is 21.3. The van der Waals surface area contributed by atoms with E-state index >= 15 is 0 Å². The number of hydrogen-bond donors (Lipinski definition) is 0. The Morgan fingerprint density at radius 3 is 1.84 bits per heavy atom. The van der Waals surface area contributed by atoms with Gasteiger partial charge in [-0.15, -0.1) is 0 Å². The predicted octanol–water partition coefficient (Wildman–Crippen LogP) is 4.75. The van der Waals surface area contributed by atoms with Gasteiger partial charge in [0, 0.05) is 11.1 Å². The number of hydrogen-bond acceptors (Lipinski definition) is 3. The van der Waals surface area contributed by atoms with Crippen LogP contribution in [0.1, 0.15) is 37.4 Å². The smallest absolute Gasteiger partial charge is 0.343 e. The van der Waals surface area contributed by atoms with Gasteiger partial charge >= 0.3 is 5.97 Å². The van der Waals surface area contributed by atoms with Gasteiger partial charge in [-0.1, -0.05) is 47.5 Å². The molecule has 0 aliphatic heterocycles. The lowest BCUT2D eigenvalue weighted by Gasteiger charge is -2.07. The van der Waals surface area contributed by atoms with Gasteiger partial charge in [0.05, 0.1) is 5.56 Å². The molecule has 3 nitrogen and oxygen atoms in total. The van der Waals surface area contributed by atoms with E-state index in [9.17, 15) is 9.59 Å². The molecule has 3 aromatic carbocycles. The summed E-state index contributed by atoms with van der Waals surface area (Å²) in [6.45, 7) is 3.88. The van der Waals surface area contributed by atoms with Crippen LogP contribution in [0.4, 0.5) is 0 Å². The zero-order valence-electron chi connectivity index (χ0n) is 14.2. The van der Waals surface area contributed by atoms with Crippen LogP contribution in [0.3, 0.4) is 0 Å². The molecule has 3 aromatic rings. The molecule has 0 fully saturated rings. The molecule has 0 aliphatic carbocycles. The number of esters is 1. The van der Waals surface area contributed by atoms with Crippen LogP contribution in [-0.4, -0.2) is 11.8 Å². The summed E-state index contributed by atoms with van der Waals surface area (Å²) in [5.74, 6) is -0.0597. The molecule has 0 atom stereocenters. The second-order valence-electron chi connectivity index (χ2n) is 5.99. The highest BCUT2D eigenvalue weighted by atomic mass is 16.5. The average Bonchev–Trinajstić information content (AvgIpc) is 2.61. The lowest BCUT2D eigenvalue weighted by molar-refractivity contribution is 0.0734. The first-order chi connectivity index (χ1) is 12.0. The minimum absolute atomic E-state index is 0.0622. The van der Waals surface area contributed by atoms with E-state index in [-0.39, 0.29) is 5.78 Å². The Kier molecular flexibility index (Phi) is 4.75. The van der Waals surface area contributed by atoms with Gasteiger partial charge in [-0.2, -0.15) is 0 Å². The Morgan fingerprint density at radius 1 is 0.680 bits per heavy atom. The fraction of sp³-hybridized carbons (Fsp3) is 0.0909. The second-order valence-corrected chi connectivity index (χ2v) is 5.99. The fourth-order valence-corrected chi connectivity index (χ4v) is 2.69. The number of ether oxygens (including phenoxy) is 1. The molecule has 3 rings (SSSR count). The maximum absolute atomic E-state index is 12.4. The van der Waals surface area contributed by atoms with Crippen LogP contribution in [0.2, 0.25) is 0 Å². The molecule has 0 bridgehead atoms. The highest BCUT2D eigenvalue weighted by Gasteiger charge is 2.12. The minimum Gasteiger partial charge on any atom is -0.423 e. The van der Waals surface area contributed by atoms with Crippen molar-refractivity contribution in [1.29, 1.82) is 0 Å². The molecule has 3 heteroatoms. The molecule has 124 valence electrons. The number of rotatable bonds is 4. The minimum atomic E-state index is -0.408. The Balaban J connectivity index is 1.74. The summed E-state index contributed by atoms with van der Waals surface area (Å²) in [5.41, 5.74) is 3.72. The van der Waals surface area contributed by atoms with E-state index in [1.165, 1.54) is 0 Å².